The highest BCUT2D eigenvalue weighted by molar-refractivity contribution is 5.94. The summed E-state index contributed by atoms with van der Waals surface area (Å²) in [5.74, 6) is 0.556. The van der Waals surface area contributed by atoms with Gasteiger partial charge in [-0.05, 0) is 37.1 Å². The highest BCUT2D eigenvalue weighted by atomic mass is 16.5. The van der Waals surface area contributed by atoms with Gasteiger partial charge in [0, 0.05) is 42.9 Å². The zero-order valence-corrected chi connectivity index (χ0v) is 12.7. The summed E-state index contributed by atoms with van der Waals surface area (Å²) >= 11 is 0. The summed E-state index contributed by atoms with van der Waals surface area (Å²) in [4.78, 5) is 14.6. The average Bonchev–Trinajstić information content (AvgIpc) is 2.94. The first kappa shape index (κ1) is 14.0. The Morgan fingerprint density at radius 3 is 2.64 bits per heavy atom. The lowest BCUT2D eigenvalue weighted by atomic mass is 9.76. The van der Waals surface area contributed by atoms with E-state index in [1.807, 2.05) is 24.3 Å². The Balaban J connectivity index is 1.36. The van der Waals surface area contributed by atoms with E-state index in [4.69, 9.17) is 9.47 Å². The largest absolute Gasteiger partial charge is 0.378 e. The van der Waals surface area contributed by atoms with E-state index in [0.717, 1.165) is 57.0 Å². The molecule has 3 fully saturated rings. The monoisotopic (exact) mass is 302 g/mol. The van der Waals surface area contributed by atoms with E-state index in [2.05, 4.69) is 10.2 Å². The molecule has 1 aliphatic carbocycles. The number of morpholine rings is 1. The summed E-state index contributed by atoms with van der Waals surface area (Å²) < 4.78 is 10.9. The van der Waals surface area contributed by atoms with Crippen LogP contribution >= 0.6 is 0 Å². The van der Waals surface area contributed by atoms with Gasteiger partial charge in [-0.3, -0.25) is 4.79 Å². The number of nitrogens with one attached hydrogen (secondary N) is 1. The molecule has 4 rings (SSSR count). The van der Waals surface area contributed by atoms with E-state index in [0.29, 0.717) is 18.1 Å². The predicted octanol–water partition coefficient (Wildman–Crippen LogP) is 1.43. The summed E-state index contributed by atoms with van der Waals surface area (Å²) in [5.41, 5.74) is 1.90. The molecule has 1 N–H and O–H groups in total. The van der Waals surface area contributed by atoms with Crippen molar-refractivity contribution >= 4 is 11.6 Å². The molecular weight excluding hydrogens is 280 g/mol. The zero-order valence-electron chi connectivity index (χ0n) is 12.7. The third kappa shape index (κ3) is 2.59. The van der Waals surface area contributed by atoms with Crippen molar-refractivity contribution in [1.29, 1.82) is 0 Å². The summed E-state index contributed by atoms with van der Waals surface area (Å²) in [6, 6.07) is 8.19. The van der Waals surface area contributed by atoms with Gasteiger partial charge in [0.1, 0.15) is 0 Å². The van der Waals surface area contributed by atoms with Crippen LogP contribution in [0.3, 0.4) is 0 Å². The fourth-order valence-corrected chi connectivity index (χ4v) is 3.66. The molecule has 3 atom stereocenters. The van der Waals surface area contributed by atoms with Gasteiger partial charge in [0.15, 0.2) is 0 Å². The van der Waals surface area contributed by atoms with Gasteiger partial charge in [0.2, 0.25) is 0 Å². The maximum absolute atomic E-state index is 12.3. The number of ether oxygens (including phenoxy) is 2. The Bertz CT molecular complexity index is 539. The SMILES string of the molecule is O=C(N[C@H]1C[C@@H]2OCC[C@H]12)c1ccc(N2CCOCC2)cc1. The van der Waals surface area contributed by atoms with Crippen molar-refractivity contribution < 1.29 is 14.3 Å². The molecule has 0 bridgehead atoms. The summed E-state index contributed by atoms with van der Waals surface area (Å²) in [6.07, 6.45) is 2.42. The Hall–Kier alpha value is -1.59. The smallest absolute Gasteiger partial charge is 0.251 e. The van der Waals surface area contributed by atoms with Gasteiger partial charge in [0.25, 0.3) is 5.91 Å². The first-order valence-corrected chi connectivity index (χ1v) is 8.16. The van der Waals surface area contributed by atoms with E-state index >= 15 is 0 Å². The molecule has 0 radical (unpaired) electrons. The second kappa shape index (κ2) is 5.89. The van der Waals surface area contributed by atoms with Gasteiger partial charge in [-0.1, -0.05) is 0 Å². The highest BCUT2D eigenvalue weighted by Crippen LogP contribution is 2.38. The standard InChI is InChI=1S/C17H22N2O3/c20-17(18-15-11-16-14(15)5-8-22-16)12-1-3-13(4-2-12)19-6-9-21-10-7-19/h1-4,14-16H,5-11H2,(H,18,20)/t14-,15+,16+/m1/s1. The molecule has 1 amide bonds. The van der Waals surface area contributed by atoms with Crippen LogP contribution in [0.25, 0.3) is 0 Å². The fourth-order valence-electron chi connectivity index (χ4n) is 3.66. The molecule has 0 spiro atoms. The molecule has 1 aromatic rings. The Kier molecular flexibility index (Phi) is 3.76. The second-order valence-electron chi connectivity index (χ2n) is 6.32. The number of nitrogens with zero attached hydrogens (tertiary/aromatic N) is 1. The van der Waals surface area contributed by atoms with Gasteiger partial charge >= 0.3 is 0 Å². The van der Waals surface area contributed by atoms with Crippen LogP contribution in [0.1, 0.15) is 23.2 Å². The van der Waals surface area contributed by atoms with Crippen LogP contribution in [-0.4, -0.2) is 51.0 Å². The fraction of sp³-hybridized carbons (Fsp3) is 0.588. The number of amides is 1. The lowest BCUT2D eigenvalue weighted by Crippen LogP contribution is -2.53. The van der Waals surface area contributed by atoms with Crippen LogP contribution in [0.15, 0.2) is 24.3 Å². The summed E-state index contributed by atoms with van der Waals surface area (Å²) in [6.45, 7) is 4.21. The van der Waals surface area contributed by atoms with E-state index in [1.54, 1.807) is 0 Å². The maximum atomic E-state index is 12.3. The third-order valence-electron chi connectivity index (χ3n) is 5.09. The second-order valence-corrected chi connectivity index (χ2v) is 6.32. The van der Waals surface area contributed by atoms with Crippen LogP contribution in [-0.2, 0) is 9.47 Å². The van der Waals surface area contributed by atoms with E-state index in [9.17, 15) is 4.79 Å². The first-order valence-electron chi connectivity index (χ1n) is 8.16. The lowest BCUT2D eigenvalue weighted by molar-refractivity contribution is 0.00810. The van der Waals surface area contributed by atoms with Crippen molar-refractivity contribution in [2.24, 2.45) is 5.92 Å². The van der Waals surface area contributed by atoms with E-state index < -0.39 is 0 Å². The molecule has 0 aromatic heterocycles. The molecule has 1 aromatic carbocycles. The van der Waals surface area contributed by atoms with Crippen LogP contribution in [0.2, 0.25) is 0 Å². The van der Waals surface area contributed by atoms with Gasteiger partial charge in [-0.25, -0.2) is 0 Å². The van der Waals surface area contributed by atoms with Gasteiger partial charge in [-0.15, -0.1) is 0 Å². The third-order valence-corrected chi connectivity index (χ3v) is 5.09. The molecule has 118 valence electrons. The van der Waals surface area contributed by atoms with Crippen molar-refractivity contribution in [2.45, 2.75) is 25.0 Å². The Morgan fingerprint density at radius 1 is 1.14 bits per heavy atom. The Labute approximate surface area is 130 Å². The zero-order chi connectivity index (χ0) is 14.9. The molecule has 0 unspecified atom stereocenters. The topological polar surface area (TPSA) is 50.8 Å². The van der Waals surface area contributed by atoms with Crippen LogP contribution in [0, 0.1) is 5.92 Å². The highest BCUT2D eigenvalue weighted by Gasteiger charge is 2.45. The molecule has 2 aliphatic heterocycles. The first-order chi connectivity index (χ1) is 10.8. The van der Waals surface area contributed by atoms with Gasteiger partial charge in [-0.2, -0.15) is 0 Å². The molecule has 5 heteroatoms. The van der Waals surface area contributed by atoms with Gasteiger partial charge in [0.05, 0.1) is 19.3 Å². The Morgan fingerprint density at radius 2 is 1.91 bits per heavy atom. The number of anilines is 1. The molecule has 1 saturated carbocycles. The van der Waals surface area contributed by atoms with E-state index in [-0.39, 0.29) is 5.91 Å². The van der Waals surface area contributed by atoms with Crippen LogP contribution in [0.4, 0.5) is 5.69 Å². The average molecular weight is 302 g/mol. The minimum absolute atomic E-state index is 0.0314. The lowest BCUT2D eigenvalue weighted by Gasteiger charge is -2.39. The maximum Gasteiger partial charge on any atom is 0.251 e. The number of fused-ring (bicyclic) bond motifs is 1. The van der Waals surface area contributed by atoms with E-state index in [1.165, 1.54) is 0 Å². The number of benzene rings is 1. The van der Waals surface area contributed by atoms with Crippen molar-refractivity contribution in [3.8, 4) is 0 Å². The predicted molar refractivity (Wildman–Crippen MR) is 83.2 cm³/mol. The summed E-state index contributed by atoms with van der Waals surface area (Å²) in [5, 5.41) is 3.15. The molecule has 22 heavy (non-hydrogen) atoms. The van der Waals surface area contributed by atoms with Crippen molar-refractivity contribution in [1.82, 2.24) is 5.32 Å². The number of hydrogen-bond acceptors (Lipinski definition) is 4. The minimum Gasteiger partial charge on any atom is -0.378 e. The molecular formula is C17H22N2O3. The molecule has 5 nitrogen and oxygen atoms in total. The van der Waals surface area contributed by atoms with Crippen LogP contribution in [0.5, 0.6) is 0 Å². The van der Waals surface area contributed by atoms with Gasteiger partial charge < -0.3 is 19.7 Å². The quantitative estimate of drug-likeness (QED) is 0.918. The number of rotatable bonds is 3. The van der Waals surface area contributed by atoms with Crippen LogP contribution < -0.4 is 10.2 Å². The van der Waals surface area contributed by atoms with Crippen molar-refractivity contribution in [3.63, 3.8) is 0 Å². The number of carbonyl (C=O) groups is 1. The van der Waals surface area contributed by atoms with Crippen molar-refractivity contribution in [2.75, 3.05) is 37.8 Å². The van der Waals surface area contributed by atoms with Crippen molar-refractivity contribution in [3.05, 3.63) is 29.8 Å². The summed E-state index contributed by atoms with van der Waals surface area (Å²) in [7, 11) is 0. The molecule has 2 heterocycles. The number of carbonyl (C=O) groups excluding carboxylic acids is 1. The minimum atomic E-state index is 0.0314. The number of hydrogen-bond donors (Lipinski definition) is 1. The molecule has 3 aliphatic rings. The normalized spacial score (nSPS) is 30.5. The molecule has 2 saturated heterocycles.